The summed E-state index contributed by atoms with van der Waals surface area (Å²) in [5, 5.41) is 16.8. The number of amides is 3. The second-order valence-corrected chi connectivity index (χ2v) is 9.86. The maximum absolute atomic E-state index is 11.9. The molecule has 0 fully saturated rings. The predicted molar refractivity (Wildman–Crippen MR) is 129 cm³/mol. The fraction of sp³-hybridized carbons (Fsp3) is 0.583. The smallest absolute Gasteiger partial charge is 0.412 e. The molecule has 4 N–H and O–H groups in total. The van der Waals surface area contributed by atoms with Crippen molar-refractivity contribution >= 4 is 29.9 Å². The van der Waals surface area contributed by atoms with E-state index >= 15 is 0 Å². The normalized spacial score (nSPS) is 12.2. The third kappa shape index (κ3) is 14.4. The van der Waals surface area contributed by atoms with Crippen LogP contribution in [0.15, 0.2) is 24.3 Å². The van der Waals surface area contributed by atoms with Gasteiger partial charge in [0.2, 0.25) is 0 Å². The zero-order valence-electron chi connectivity index (χ0n) is 21.2. The van der Waals surface area contributed by atoms with E-state index in [0.29, 0.717) is 24.1 Å². The topological polar surface area (TPSA) is 152 Å². The van der Waals surface area contributed by atoms with Gasteiger partial charge in [0.15, 0.2) is 0 Å². The Morgan fingerprint density at radius 1 is 0.914 bits per heavy atom. The Hall–Kier alpha value is -3.50. The highest BCUT2D eigenvalue weighted by Crippen LogP contribution is 2.14. The highest BCUT2D eigenvalue weighted by atomic mass is 16.6. The van der Waals surface area contributed by atoms with Gasteiger partial charge in [0.25, 0.3) is 0 Å². The van der Waals surface area contributed by atoms with Crippen molar-refractivity contribution < 1.29 is 38.5 Å². The minimum absolute atomic E-state index is 0.00340. The van der Waals surface area contributed by atoms with E-state index < -0.39 is 41.5 Å². The molecule has 1 aromatic carbocycles. The molecule has 0 saturated heterocycles. The quantitative estimate of drug-likeness (QED) is 0.275. The summed E-state index contributed by atoms with van der Waals surface area (Å²) in [4.78, 5) is 46.9. The Kier molecular flexibility index (Phi) is 11.3. The summed E-state index contributed by atoms with van der Waals surface area (Å²) in [5.41, 5.74) is -0.167. The van der Waals surface area contributed by atoms with Crippen molar-refractivity contribution in [2.24, 2.45) is 0 Å². The molecule has 0 saturated carbocycles. The van der Waals surface area contributed by atoms with Crippen LogP contribution < -0.4 is 16.0 Å². The van der Waals surface area contributed by atoms with Crippen molar-refractivity contribution in [1.29, 1.82) is 0 Å². The number of carbonyl (C=O) groups excluding carboxylic acids is 3. The molecule has 0 spiro atoms. The van der Waals surface area contributed by atoms with Crippen molar-refractivity contribution in [3.05, 3.63) is 29.8 Å². The molecule has 1 rings (SSSR count). The SMILES string of the molecule is CC(C)(C)OC(=O)Nc1cccc(COC(=O)NCCCC[C@H](NC(=O)OC(C)(C)C)C(=O)O)c1. The Labute approximate surface area is 205 Å². The van der Waals surface area contributed by atoms with Crippen LogP contribution >= 0.6 is 0 Å². The van der Waals surface area contributed by atoms with E-state index in [0.717, 1.165) is 0 Å². The number of ether oxygens (including phenoxy) is 3. The third-order valence-corrected chi connectivity index (χ3v) is 4.12. The van der Waals surface area contributed by atoms with Gasteiger partial charge in [0, 0.05) is 12.2 Å². The van der Waals surface area contributed by atoms with Gasteiger partial charge in [0.05, 0.1) is 0 Å². The summed E-state index contributed by atoms with van der Waals surface area (Å²) in [6.07, 6.45) is -0.882. The predicted octanol–water partition coefficient (Wildman–Crippen LogP) is 4.41. The third-order valence-electron chi connectivity index (χ3n) is 4.12. The molecule has 11 nitrogen and oxygen atoms in total. The molecule has 0 aliphatic heterocycles. The van der Waals surface area contributed by atoms with Gasteiger partial charge in [-0.2, -0.15) is 0 Å². The number of alkyl carbamates (subject to hydrolysis) is 2. The van der Waals surface area contributed by atoms with Crippen molar-refractivity contribution in [3.8, 4) is 0 Å². The lowest BCUT2D eigenvalue weighted by molar-refractivity contribution is -0.139. The van der Waals surface area contributed by atoms with Crippen LogP contribution in [0.25, 0.3) is 0 Å². The van der Waals surface area contributed by atoms with Crippen molar-refractivity contribution in [3.63, 3.8) is 0 Å². The number of hydrogen-bond acceptors (Lipinski definition) is 7. The number of carboxylic acids is 1. The molecule has 0 heterocycles. The molecule has 0 aliphatic rings. The minimum Gasteiger partial charge on any atom is -0.480 e. The average Bonchev–Trinajstić information content (AvgIpc) is 2.68. The number of carbonyl (C=O) groups is 4. The Morgan fingerprint density at radius 3 is 2.14 bits per heavy atom. The number of benzene rings is 1. The number of nitrogens with one attached hydrogen (secondary N) is 3. The average molecular weight is 496 g/mol. The number of anilines is 1. The summed E-state index contributed by atoms with van der Waals surface area (Å²) < 4.78 is 15.4. The number of carboxylic acid groups (broad SMARTS) is 1. The lowest BCUT2D eigenvalue weighted by Gasteiger charge is -2.22. The van der Waals surface area contributed by atoms with Gasteiger partial charge in [-0.25, -0.2) is 19.2 Å². The van der Waals surface area contributed by atoms with Crippen LogP contribution in [0.3, 0.4) is 0 Å². The lowest BCUT2D eigenvalue weighted by atomic mass is 10.1. The van der Waals surface area contributed by atoms with Crippen LogP contribution in [0.2, 0.25) is 0 Å². The van der Waals surface area contributed by atoms with Gasteiger partial charge in [0.1, 0.15) is 23.9 Å². The summed E-state index contributed by atoms with van der Waals surface area (Å²) in [5.74, 6) is -1.16. The first-order valence-electron chi connectivity index (χ1n) is 11.4. The van der Waals surface area contributed by atoms with Crippen LogP contribution in [0.5, 0.6) is 0 Å². The molecule has 0 unspecified atom stereocenters. The first-order valence-corrected chi connectivity index (χ1v) is 11.4. The van der Waals surface area contributed by atoms with Crippen LogP contribution in [-0.2, 0) is 25.6 Å². The van der Waals surface area contributed by atoms with Gasteiger partial charge in [-0.1, -0.05) is 12.1 Å². The summed E-state index contributed by atoms with van der Waals surface area (Å²) in [6.45, 7) is 10.6. The zero-order chi connectivity index (χ0) is 26.6. The molecule has 1 aromatic rings. The van der Waals surface area contributed by atoms with Gasteiger partial charge in [-0.3, -0.25) is 5.32 Å². The van der Waals surface area contributed by atoms with Crippen molar-refractivity contribution in [2.45, 2.75) is 84.7 Å². The lowest BCUT2D eigenvalue weighted by Crippen LogP contribution is -2.43. The zero-order valence-corrected chi connectivity index (χ0v) is 21.2. The monoisotopic (exact) mass is 495 g/mol. The van der Waals surface area contributed by atoms with Gasteiger partial charge in [-0.05, 0) is 78.5 Å². The van der Waals surface area contributed by atoms with Crippen molar-refractivity contribution in [2.75, 3.05) is 11.9 Å². The van der Waals surface area contributed by atoms with E-state index in [9.17, 15) is 24.3 Å². The molecule has 0 aliphatic carbocycles. The number of hydrogen-bond donors (Lipinski definition) is 4. The maximum atomic E-state index is 11.9. The molecule has 0 bridgehead atoms. The molecule has 3 amide bonds. The first kappa shape index (κ1) is 29.5. The van der Waals surface area contributed by atoms with E-state index in [2.05, 4.69) is 16.0 Å². The molecule has 196 valence electrons. The fourth-order valence-corrected chi connectivity index (χ4v) is 2.73. The second kappa shape index (κ2) is 13.4. The van der Waals surface area contributed by atoms with Crippen molar-refractivity contribution in [1.82, 2.24) is 10.6 Å². The second-order valence-electron chi connectivity index (χ2n) is 9.86. The van der Waals surface area contributed by atoms with Gasteiger partial charge >= 0.3 is 24.2 Å². The Morgan fingerprint density at radius 2 is 1.54 bits per heavy atom. The van der Waals surface area contributed by atoms with Gasteiger partial charge < -0.3 is 30.0 Å². The van der Waals surface area contributed by atoms with Crippen LogP contribution in [0, 0.1) is 0 Å². The van der Waals surface area contributed by atoms with Crippen LogP contribution in [0.1, 0.15) is 66.4 Å². The molecule has 0 aromatic heterocycles. The molecular weight excluding hydrogens is 458 g/mol. The molecule has 11 heteroatoms. The Balaban J connectivity index is 2.34. The highest BCUT2D eigenvalue weighted by Gasteiger charge is 2.23. The largest absolute Gasteiger partial charge is 0.480 e. The number of rotatable bonds is 10. The van der Waals surface area contributed by atoms with E-state index in [4.69, 9.17) is 14.2 Å². The number of aliphatic carboxylic acids is 1. The van der Waals surface area contributed by atoms with Gasteiger partial charge in [-0.15, -0.1) is 0 Å². The maximum Gasteiger partial charge on any atom is 0.412 e. The minimum atomic E-state index is -1.16. The van der Waals surface area contributed by atoms with E-state index in [1.807, 2.05) is 0 Å². The summed E-state index contributed by atoms with van der Waals surface area (Å²) in [7, 11) is 0. The van der Waals surface area contributed by atoms with Crippen LogP contribution in [0.4, 0.5) is 20.1 Å². The van der Waals surface area contributed by atoms with E-state index in [1.54, 1.807) is 65.8 Å². The first-order chi connectivity index (χ1) is 16.1. The van der Waals surface area contributed by atoms with Crippen LogP contribution in [-0.4, -0.2) is 53.1 Å². The Bertz CT molecular complexity index is 874. The van der Waals surface area contributed by atoms with E-state index in [1.165, 1.54) is 0 Å². The molecule has 35 heavy (non-hydrogen) atoms. The molecular formula is C24H37N3O8. The van der Waals surface area contributed by atoms with E-state index in [-0.39, 0.29) is 19.6 Å². The molecule has 1 atom stereocenters. The summed E-state index contributed by atoms with van der Waals surface area (Å²) >= 11 is 0. The highest BCUT2D eigenvalue weighted by molar-refractivity contribution is 5.85. The number of unbranched alkanes of at least 4 members (excludes halogenated alkanes) is 1. The standard InChI is InChI=1S/C24H37N3O8/c1-23(2,3)34-21(31)26-17-11-9-10-16(14-17)15-33-20(30)25-13-8-7-12-18(19(28)29)27-22(32)35-24(4,5)6/h9-11,14,18H,7-8,12-13,15H2,1-6H3,(H,25,30)(H,26,31)(H,27,32)(H,28,29)/t18-/m0/s1. The summed E-state index contributed by atoms with van der Waals surface area (Å²) in [6, 6.07) is 5.74. The molecule has 0 radical (unpaired) electrons. The fourth-order valence-electron chi connectivity index (χ4n) is 2.73.